The van der Waals surface area contributed by atoms with Crippen LogP contribution < -0.4 is 10.6 Å². The van der Waals surface area contributed by atoms with Crippen LogP contribution in [0.5, 0.6) is 0 Å². The third-order valence-electron chi connectivity index (χ3n) is 4.43. The quantitative estimate of drug-likeness (QED) is 0.434. The molecule has 130 valence electrons. The Hall–Kier alpha value is -1.34. The van der Waals surface area contributed by atoms with Gasteiger partial charge in [0.1, 0.15) is 0 Å². The van der Waals surface area contributed by atoms with E-state index < -0.39 is 0 Å². The normalized spacial score (nSPS) is 17.5. The predicted octanol–water partition coefficient (Wildman–Crippen LogP) is 3.72. The summed E-state index contributed by atoms with van der Waals surface area (Å²) in [4.78, 5) is 4.33. The van der Waals surface area contributed by atoms with Crippen LogP contribution in [0.1, 0.15) is 25.5 Å². The molecule has 1 saturated heterocycles. The zero-order chi connectivity index (χ0) is 16.3. The van der Waals surface area contributed by atoms with Crippen molar-refractivity contribution < 1.29 is 4.74 Å². The van der Waals surface area contributed by atoms with Gasteiger partial charge in [-0.1, -0.05) is 43.3 Å². The molecule has 0 radical (unpaired) electrons. The van der Waals surface area contributed by atoms with E-state index in [1.807, 2.05) is 7.05 Å². The van der Waals surface area contributed by atoms with Crippen molar-refractivity contribution >= 4 is 40.7 Å². The van der Waals surface area contributed by atoms with Gasteiger partial charge >= 0.3 is 0 Å². The third-order valence-corrected chi connectivity index (χ3v) is 4.43. The van der Waals surface area contributed by atoms with Gasteiger partial charge < -0.3 is 15.4 Å². The largest absolute Gasteiger partial charge is 0.380 e. The lowest BCUT2D eigenvalue weighted by molar-refractivity contribution is -0.0971. The zero-order valence-electron chi connectivity index (χ0n) is 14.5. The molecule has 2 aromatic carbocycles. The van der Waals surface area contributed by atoms with Crippen LogP contribution in [0.3, 0.4) is 0 Å². The Morgan fingerprint density at radius 3 is 2.54 bits per heavy atom. The highest BCUT2D eigenvalue weighted by atomic mass is 127. The smallest absolute Gasteiger partial charge is 0.191 e. The molecule has 3 rings (SSSR count). The van der Waals surface area contributed by atoms with E-state index in [1.54, 1.807) is 0 Å². The standard InChI is InChI=1S/C19H25N3O.HI/c1-14(16-9-8-15-6-4-5-7-17(15)10-16)22-18(20-3)21-11-19(2)12-23-13-19;/h4-10,14H,11-13H2,1-3H3,(H2,20,21,22);1H. The predicted molar refractivity (Wildman–Crippen MR) is 111 cm³/mol. The average Bonchev–Trinajstić information content (AvgIpc) is 2.56. The first kappa shape index (κ1) is 19.0. The monoisotopic (exact) mass is 439 g/mol. The van der Waals surface area contributed by atoms with Gasteiger partial charge in [0, 0.05) is 19.0 Å². The number of hydrogen-bond donors (Lipinski definition) is 2. The maximum atomic E-state index is 5.29. The summed E-state index contributed by atoms with van der Waals surface area (Å²) >= 11 is 0. The number of nitrogens with zero attached hydrogens (tertiary/aromatic N) is 1. The number of guanidine groups is 1. The molecule has 2 N–H and O–H groups in total. The Labute approximate surface area is 161 Å². The first-order chi connectivity index (χ1) is 11.1. The van der Waals surface area contributed by atoms with Crippen molar-refractivity contribution in [3.05, 3.63) is 48.0 Å². The maximum absolute atomic E-state index is 5.29. The van der Waals surface area contributed by atoms with Crippen LogP contribution in [0.15, 0.2) is 47.5 Å². The number of benzene rings is 2. The summed E-state index contributed by atoms with van der Waals surface area (Å²) in [5.41, 5.74) is 1.48. The molecule has 0 bridgehead atoms. The molecule has 0 aliphatic carbocycles. The third kappa shape index (κ3) is 4.39. The fraction of sp³-hybridized carbons (Fsp3) is 0.421. The molecular formula is C19H26IN3O. The summed E-state index contributed by atoms with van der Waals surface area (Å²) in [7, 11) is 1.81. The highest BCUT2D eigenvalue weighted by Crippen LogP contribution is 2.25. The Bertz CT molecular complexity index is 713. The molecule has 1 aliphatic rings. The lowest BCUT2D eigenvalue weighted by Gasteiger charge is -2.38. The van der Waals surface area contributed by atoms with Gasteiger partial charge in [0.25, 0.3) is 0 Å². The summed E-state index contributed by atoms with van der Waals surface area (Å²) in [6, 6.07) is 15.2. The minimum Gasteiger partial charge on any atom is -0.380 e. The molecule has 1 fully saturated rings. The number of ether oxygens (including phenoxy) is 1. The number of rotatable bonds is 4. The van der Waals surface area contributed by atoms with E-state index in [0.717, 1.165) is 25.7 Å². The number of nitrogens with one attached hydrogen (secondary N) is 2. The molecule has 0 amide bonds. The summed E-state index contributed by atoms with van der Waals surface area (Å²) in [6.07, 6.45) is 0. The number of fused-ring (bicyclic) bond motifs is 1. The molecule has 1 aliphatic heterocycles. The van der Waals surface area contributed by atoms with E-state index in [9.17, 15) is 0 Å². The maximum Gasteiger partial charge on any atom is 0.191 e. The van der Waals surface area contributed by atoms with Crippen LogP contribution in [-0.2, 0) is 4.74 Å². The fourth-order valence-electron chi connectivity index (χ4n) is 2.81. The second-order valence-corrected chi connectivity index (χ2v) is 6.70. The van der Waals surface area contributed by atoms with E-state index in [1.165, 1.54) is 16.3 Å². The molecule has 0 aromatic heterocycles. The number of hydrogen-bond acceptors (Lipinski definition) is 2. The molecule has 1 unspecified atom stereocenters. The first-order valence-corrected chi connectivity index (χ1v) is 8.13. The molecule has 1 heterocycles. The van der Waals surface area contributed by atoms with Crippen LogP contribution in [0, 0.1) is 5.41 Å². The lowest BCUT2D eigenvalue weighted by Crippen LogP contribution is -2.51. The summed E-state index contributed by atoms with van der Waals surface area (Å²) in [5, 5.41) is 9.41. The van der Waals surface area contributed by atoms with E-state index in [-0.39, 0.29) is 35.4 Å². The van der Waals surface area contributed by atoms with Gasteiger partial charge in [-0.15, -0.1) is 24.0 Å². The van der Waals surface area contributed by atoms with Crippen molar-refractivity contribution in [2.24, 2.45) is 10.4 Å². The van der Waals surface area contributed by atoms with Crippen molar-refractivity contribution in [3.63, 3.8) is 0 Å². The van der Waals surface area contributed by atoms with Crippen molar-refractivity contribution in [2.75, 3.05) is 26.8 Å². The minimum atomic E-state index is 0. The van der Waals surface area contributed by atoms with Gasteiger partial charge in [0.15, 0.2) is 5.96 Å². The molecule has 2 aromatic rings. The van der Waals surface area contributed by atoms with Gasteiger partial charge in [-0.25, -0.2) is 0 Å². The summed E-state index contributed by atoms with van der Waals surface area (Å²) in [6.45, 7) is 6.89. The molecule has 24 heavy (non-hydrogen) atoms. The Kier molecular flexibility index (Phi) is 6.46. The second kappa shape index (κ2) is 8.16. The van der Waals surface area contributed by atoms with Gasteiger partial charge in [-0.2, -0.15) is 0 Å². The molecular weight excluding hydrogens is 413 g/mol. The second-order valence-electron chi connectivity index (χ2n) is 6.70. The highest BCUT2D eigenvalue weighted by Gasteiger charge is 2.33. The molecule has 5 heteroatoms. The molecule has 4 nitrogen and oxygen atoms in total. The van der Waals surface area contributed by atoms with Crippen LogP contribution in [0.25, 0.3) is 10.8 Å². The lowest BCUT2D eigenvalue weighted by atomic mass is 9.89. The molecule has 1 atom stereocenters. The Morgan fingerprint density at radius 1 is 1.21 bits per heavy atom. The molecule has 0 spiro atoms. The van der Waals surface area contributed by atoms with E-state index in [4.69, 9.17) is 4.74 Å². The van der Waals surface area contributed by atoms with Gasteiger partial charge in [0.05, 0.1) is 19.3 Å². The Morgan fingerprint density at radius 2 is 1.92 bits per heavy atom. The molecule has 0 saturated carbocycles. The average molecular weight is 439 g/mol. The van der Waals surface area contributed by atoms with Crippen LogP contribution in [0.2, 0.25) is 0 Å². The van der Waals surface area contributed by atoms with Crippen molar-refractivity contribution in [2.45, 2.75) is 19.9 Å². The van der Waals surface area contributed by atoms with Crippen LogP contribution in [-0.4, -0.2) is 32.8 Å². The summed E-state index contributed by atoms with van der Waals surface area (Å²) in [5.74, 6) is 0.832. The highest BCUT2D eigenvalue weighted by molar-refractivity contribution is 14.0. The summed E-state index contributed by atoms with van der Waals surface area (Å²) < 4.78 is 5.29. The Balaban J connectivity index is 0.00000208. The van der Waals surface area contributed by atoms with Crippen molar-refractivity contribution in [1.82, 2.24) is 10.6 Å². The van der Waals surface area contributed by atoms with Crippen molar-refractivity contribution in [1.29, 1.82) is 0 Å². The van der Waals surface area contributed by atoms with Crippen LogP contribution in [0.4, 0.5) is 0 Å². The van der Waals surface area contributed by atoms with Crippen molar-refractivity contribution in [3.8, 4) is 0 Å². The van der Waals surface area contributed by atoms with E-state index in [2.05, 4.69) is 71.9 Å². The van der Waals surface area contributed by atoms with Crippen LogP contribution >= 0.6 is 24.0 Å². The fourth-order valence-corrected chi connectivity index (χ4v) is 2.81. The van der Waals surface area contributed by atoms with E-state index >= 15 is 0 Å². The van der Waals surface area contributed by atoms with Gasteiger partial charge in [0.2, 0.25) is 0 Å². The number of halogens is 1. The van der Waals surface area contributed by atoms with E-state index in [0.29, 0.717) is 0 Å². The van der Waals surface area contributed by atoms with Gasteiger partial charge in [-0.3, -0.25) is 4.99 Å². The minimum absolute atomic E-state index is 0. The number of aliphatic imine (C=N–C) groups is 1. The topological polar surface area (TPSA) is 45.7 Å². The SMILES string of the molecule is CN=C(NCC1(C)COC1)NC(C)c1ccc2ccccc2c1.I. The van der Waals surface area contributed by atoms with Gasteiger partial charge in [-0.05, 0) is 29.3 Å². The first-order valence-electron chi connectivity index (χ1n) is 8.13. The zero-order valence-corrected chi connectivity index (χ0v) is 16.8.